The fraction of sp³-hybridized carbons (Fsp3) is 0.222. The van der Waals surface area contributed by atoms with Crippen molar-refractivity contribution in [1.82, 2.24) is 10.9 Å². The van der Waals surface area contributed by atoms with E-state index in [0.29, 0.717) is 17.9 Å². The highest BCUT2D eigenvalue weighted by molar-refractivity contribution is 5.97. The van der Waals surface area contributed by atoms with Gasteiger partial charge in [-0.3, -0.25) is 25.2 Å². The molecule has 0 spiro atoms. The number of amides is 3. The number of aryl methyl sites for hydroxylation is 2. The van der Waals surface area contributed by atoms with Gasteiger partial charge in [-0.15, -0.1) is 0 Å². The van der Waals surface area contributed by atoms with Crippen LogP contribution in [0.2, 0.25) is 0 Å². The van der Waals surface area contributed by atoms with Crippen molar-refractivity contribution in [2.75, 3.05) is 11.9 Å². The second kappa shape index (κ2) is 12.2. The monoisotopic (exact) mass is 459 g/mol. The van der Waals surface area contributed by atoms with Gasteiger partial charge in [-0.2, -0.15) is 0 Å². The van der Waals surface area contributed by atoms with E-state index in [9.17, 15) is 14.4 Å². The molecule has 0 radical (unpaired) electrons. The van der Waals surface area contributed by atoms with Gasteiger partial charge in [0.05, 0.1) is 6.61 Å². The number of carbonyl (C=O) groups excluding carboxylic acids is 3. The molecule has 0 aliphatic rings. The zero-order valence-electron chi connectivity index (χ0n) is 19.4. The predicted octanol–water partition coefficient (Wildman–Crippen LogP) is 4.10. The number of rotatable bonds is 9. The summed E-state index contributed by atoms with van der Waals surface area (Å²) in [6.07, 6.45) is 0.698. The van der Waals surface area contributed by atoms with Crippen LogP contribution in [0.1, 0.15) is 39.9 Å². The van der Waals surface area contributed by atoms with Crippen LogP contribution in [0.5, 0.6) is 5.75 Å². The summed E-state index contributed by atoms with van der Waals surface area (Å²) >= 11 is 0. The highest BCUT2D eigenvalue weighted by atomic mass is 16.5. The molecular formula is C27H29N3O4. The Hall–Kier alpha value is -4.13. The molecule has 3 rings (SSSR count). The Balaban J connectivity index is 1.40. The largest absolute Gasteiger partial charge is 0.493 e. The van der Waals surface area contributed by atoms with E-state index < -0.39 is 11.8 Å². The summed E-state index contributed by atoms with van der Waals surface area (Å²) in [5.41, 5.74) is 9.01. The Morgan fingerprint density at radius 3 is 2.32 bits per heavy atom. The second-order valence-electron chi connectivity index (χ2n) is 7.98. The molecule has 3 amide bonds. The van der Waals surface area contributed by atoms with E-state index in [0.717, 1.165) is 23.2 Å². The van der Waals surface area contributed by atoms with E-state index in [1.54, 1.807) is 24.3 Å². The topological polar surface area (TPSA) is 96.5 Å². The molecule has 0 aliphatic heterocycles. The molecule has 0 fully saturated rings. The third kappa shape index (κ3) is 7.78. The summed E-state index contributed by atoms with van der Waals surface area (Å²) < 4.78 is 5.74. The third-order valence-corrected chi connectivity index (χ3v) is 5.15. The maximum atomic E-state index is 12.4. The van der Waals surface area contributed by atoms with Crippen LogP contribution < -0.4 is 20.9 Å². The molecule has 0 aromatic heterocycles. The van der Waals surface area contributed by atoms with Crippen molar-refractivity contribution in [1.29, 1.82) is 0 Å². The maximum Gasteiger partial charge on any atom is 0.269 e. The number of nitrogens with one attached hydrogen (secondary N) is 3. The fourth-order valence-electron chi connectivity index (χ4n) is 3.31. The number of hydrazine groups is 1. The molecule has 3 N–H and O–H groups in total. The minimum absolute atomic E-state index is 0.000238. The van der Waals surface area contributed by atoms with Gasteiger partial charge in [0.15, 0.2) is 0 Å². The zero-order valence-corrected chi connectivity index (χ0v) is 19.4. The molecule has 0 saturated heterocycles. The smallest absolute Gasteiger partial charge is 0.269 e. The Labute approximate surface area is 199 Å². The first kappa shape index (κ1) is 24.5. The number of hydrogen-bond acceptors (Lipinski definition) is 4. The van der Waals surface area contributed by atoms with Crippen LogP contribution in [0, 0.1) is 13.8 Å². The van der Waals surface area contributed by atoms with Crippen molar-refractivity contribution in [2.45, 2.75) is 33.1 Å². The molecular weight excluding hydrogens is 430 g/mol. The lowest BCUT2D eigenvalue weighted by Gasteiger charge is -2.11. The lowest BCUT2D eigenvalue weighted by Crippen LogP contribution is -2.41. The van der Waals surface area contributed by atoms with Gasteiger partial charge in [0.25, 0.3) is 5.91 Å². The summed E-state index contributed by atoms with van der Waals surface area (Å²) in [5.74, 6) is -0.632. The van der Waals surface area contributed by atoms with E-state index in [1.807, 2.05) is 62.4 Å². The molecule has 0 bridgehead atoms. The minimum atomic E-state index is -0.471. The van der Waals surface area contributed by atoms with Gasteiger partial charge in [0.2, 0.25) is 11.8 Å². The Morgan fingerprint density at radius 1 is 0.794 bits per heavy atom. The summed E-state index contributed by atoms with van der Waals surface area (Å²) in [4.78, 5) is 36.6. The van der Waals surface area contributed by atoms with Crippen LogP contribution in [-0.2, 0) is 16.0 Å². The Bertz CT molecular complexity index is 1150. The maximum absolute atomic E-state index is 12.4. The first-order valence-electron chi connectivity index (χ1n) is 11.1. The van der Waals surface area contributed by atoms with Crippen LogP contribution >= 0.6 is 0 Å². The van der Waals surface area contributed by atoms with Crippen LogP contribution in [-0.4, -0.2) is 24.3 Å². The normalized spacial score (nSPS) is 10.3. The lowest BCUT2D eigenvalue weighted by molar-refractivity contribution is -0.124. The predicted molar refractivity (Wildman–Crippen MR) is 131 cm³/mol. The SMILES string of the molecule is Cc1ccc(NC(=O)CCC(=O)NNC(=O)c2cccc(OCCc3ccccc3)c2)c(C)c1. The van der Waals surface area contributed by atoms with Crippen LogP contribution in [0.4, 0.5) is 5.69 Å². The second-order valence-corrected chi connectivity index (χ2v) is 7.98. The zero-order chi connectivity index (χ0) is 24.3. The van der Waals surface area contributed by atoms with Crippen molar-refractivity contribution < 1.29 is 19.1 Å². The molecule has 34 heavy (non-hydrogen) atoms. The Morgan fingerprint density at radius 2 is 1.56 bits per heavy atom. The van der Waals surface area contributed by atoms with Crippen molar-refractivity contribution in [2.24, 2.45) is 0 Å². The third-order valence-electron chi connectivity index (χ3n) is 5.15. The molecule has 3 aromatic carbocycles. The summed E-state index contributed by atoms with van der Waals surface area (Å²) in [7, 11) is 0. The first-order chi connectivity index (χ1) is 16.4. The quantitative estimate of drug-likeness (QED) is 0.420. The average Bonchev–Trinajstić information content (AvgIpc) is 2.84. The van der Waals surface area contributed by atoms with Gasteiger partial charge in [0.1, 0.15) is 5.75 Å². The fourth-order valence-corrected chi connectivity index (χ4v) is 3.31. The highest BCUT2D eigenvalue weighted by Gasteiger charge is 2.11. The average molecular weight is 460 g/mol. The van der Waals surface area contributed by atoms with Crippen molar-refractivity contribution in [3.63, 3.8) is 0 Å². The molecule has 176 valence electrons. The van der Waals surface area contributed by atoms with Gasteiger partial charge in [-0.25, -0.2) is 0 Å². The van der Waals surface area contributed by atoms with Gasteiger partial charge in [0, 0.05) is 30.5 Å². The summed E-state index contributed by atoms with van der Waals surface area (Å²) in [5, 5.41) is 2.80. The van der Waals surface area contributed by atoms with Crippen LogP contribution in [0.25, 0.3) is 0 Å². The van der Waals surface area contributed by atoms with E-state index in [1.165, 1.54) is 5.56 Å². The number of hydrogen-bond donors (Lipinski definition) is 3. The van der Waals surface area contributed by atoms with Gasteiger partial charge in [-0.05, 0) is 49.2 Å². The summed E-state index contributed by atoms with van der Waals surface area (Å²) in [6, 6.07) is 22.4. The molecule has 0 atom stereocenters. The number of carbonyl (C=O) groups is 3. The molecule has 0 aliphatic carbocycles. The standard InChI is InChI=1S/C27H29N3O4/c1-19-11-12-24(20(2)17-19)28-25(31)13-14-26(32)29-30-27(33)22-9-6-10-23(18-22)34-16-15-21-7-4-3-5-8-21/h3-12,17-18H,13-16H2,1-2H3,(H,28,31)(H,29,32)(H,30,33). The summed E-state index contributed by atoms with van der Waals surface area (Å²) in [6.45, 7) is 4.37. The molecule has 0 saturated carbocycles. The van der Waals surface area contributed by atoms with Gasteiger partial charge >= 0.3 is 0 Å². The number of ether oxygens (including phenoxy) is 1. The minimum Gasteiger partial charge on any atom is -0.493 e. The molecule has 0 heterocycles. The lowest BCUT2D eigenvalue weighted by atomic mass is 10.1. The number of anilines is 1. The van der Waals surface area contributed by atoms with Crippen LogP contribution in [0.3, 0.4) is 0 Å². The van der Waals surface area contributed by atoms with E-state index >= 15 is 0 Å². The van der Waals surface area contributed by atoms with Crippen molar-refractivity contribution >= 4 is 23.4 Å². The first-order valence-corrected chi connectivity index (χ1v) is 11.1. The van der Waals surface area contributed by atoms with E-state index in [2.05, 4.69) is 16.2 Å². The van der Waals surface area contributed by atoms with E-state index in [4.69, 9.17) is 4.74 Å². The van der Waals surface area contributed by atoms with Gasteiger partial charge in [-0.1, -0.05) is 54.1 Å². The van der Waals surface area contributed by atoms with Gasteiger partial charge < -0.3 is 10.1 Å². The van der Waals surface area contributed by atoms with Crippen molar-refractivity contribution in [3.05, 3.63) is 95.1 Å². The molecule has 3 aromatic rings. The molecule has 0 unspecified atom stereocenters. The highest BCUT2D eigenvalue weighted by Crippen LogP contribution is 2.16. The van der Waals surface area contributed by atoms with Crippen molar-refractivity contribution in [3.8, 4) is 5.75 Å². The van der Waals surface area contributed by atoms with E-state index in [-0.39, 0.29) is 18.7 Å². The molecule has 7 heteroatoms. The number of benzene rings is 3. The molecule has 7 nitrogen and oxygen atoms in total. The van der Waals surface area contributed by atoms with Crippen LogP contribution in [0.15, 0.2) is 72.8 Å². The Kier molecular flexibility index (Phi) is 8.80.